The minimum absolute atomic E-state index is 0.165. The van der Waals surface area contributed by atoms with Gasteiger partial charge in [0.15, 0.2) is 11.0 Å². The zero-order valence-electron chi connectivity index (χ0n) is 17.9. The summed E-state index contributed by atoms with van der Waals surface area (Å²) in [5, 5.41) is 22.1. The Balaban J connectivity index is 1.33. The molecule has 0 aliphatic heterocycles. The van der Waals surface area contributed by atoms with E-state index in [1.165, 1.54) is 28.0 Å². The van der Waals surface area contributed by atoms with Crippen LogP contribution < -0.4 is 14.8 Å². The summed E-state index contributed by atoms with van der Waals surface area (Å²) in [7, 11) is 3.45. The predicted molar refractivity (Wildman–Crippen MR) is 123 cm³/mol. The zero-order valence-corrected chi connectivity index (χ0v) is 19.5. The molecule has 0 bridgehead atoms. The largest absolute Gasteiger partial charge is 0.497 e. The fraction of sp³-hybridized carbons (Fsp3) is 0.364. The molecule has 0 spiro atoms. The first-order valence-electron chi connectivity index (χ1n) is 10.2. The highest BCUT2D eigenvalue weighted by atomic mass is 32.2. The van der Waals surface area contributed by atoms with E-state index in [1.54, 1.807) is 13.2 Å². The maximum atomic E-state index is 12.5. The Morgan fingerprint density at radius 2 is 2.12 bits per heavy atom. The van der Waals surface area contributed by atoms with Crippen LogP contribution in [0, 0.1) is 11.3 Å². The number of anilines is 1. The van der Waals surface area contributed by atoms with Crippen LogP contribution in [0.4, 0.5) is 5.00 Å². The third-order valence-electron chi connectivity index (χ3n) is 5.20. The molecule has 1 aliphatic rings. The van der Waals surface area contributed by atoms with Crippen LogP contribution in [0.3, 0.4) is 0 Å². The third-order valence-corrected chi connectivity index (χ3v) is 7.43. The Morgan fingerprint density at radius 1 is 1.31 bits per heavy atom. The highest BCUT2D eigenvalue weighted by molar-refractivity contribution is 7.99. The molecule has 2 aromatic heterocycles. The summed E-state index contributed by atoms with van der Waals surface area (Å²) in [6.07, 6.45) is 4.13. The Morgan fingerprint density at radius 3 is 2.94 bits per heavy atom. The average Bonchev–Trinajstić information content (AvgIpc) is 3.35. The molecule has 1 amide bonds. The molecule has 2 heterocycles. The number of fused-ring (bicyclic) bond motifs is 1. The van der Waals surface area contributed by atoms with Crippen molar-refractivity contribution in [3.05, 3.63) is 46.1 Å². The summed E-state index contributed by atoms with van der Waals surface area (Å²) in [4.78, 5) is 13.8. The monoisotopic (exact) mass is 469 g/mol. The quantitative estimate of drug-likeness (QED) is 0.499. The highest BCUT2D eigenvalue weighted by Gasteiger charge is 2.22. The van der Waals surface area contributed by atoms with Gasteiger partial charge in [-0.1, -0.05) is 17.8 Å². The Hall–Kier alpha value is -3.03. The van der Waals surface area contributed by atoms with Crippen molar-refractivity contribution >= 4 is 34.0 Å². The number of rotatable bonds is 8. The van der Waals surface area contributed by atoms with Crippen LogP contribution >= 0.6 is 23.1 Å². The van der Waals surface area contributed by atoms with Gasteiger partial charge in [0.1, 0.15) is 29.2 Å². The van der Waals surface area contributed by atoms with Gasteiger partial charge in [-0.25, -0.2) is 0 Å². The van der Waals surface area contributed by atoms with Crippen LogP contribution in [-0.4, -0.2) is 33.5 Å². The fourth-order valence-electron chi connectivity index (χ4n) is 3.50. The molecule has 10 heteroatoms. The lowest BCUT2D eigenvalue weighted by molar-refractivity contribution is -0.113. The molecule has 0 saturated heterocycles. The second-order valence-corrected chi connectivity index (χ2v) is 9.34. The van der Waals surface area contributed by atoms with Gasteiger partial charge in [-0.3, -0.25) is 4.79 Å². The topological polar surface area (TPSA) is 102 Å². The summed E-state index contributed by atoms with van der Waals surface area (Å²) >= 11 is 2.82. The smallest absolute Gasteiger partial charge is 0.235 e. The molecular weight excluding hydrogens is 446 g/mol. The lowest BCUT2D eigenvalue weighted by atomic mass is 9.96. The summed E-state index contributed by atoms with van der Waals surface area (Å²) in [5.41, 5.74) is 1.74. The number of ether oxygens (including phenoxy) is 2. The number of hydrogen-bond acceptors (Lipinski definition) is 8. The van der Waals surface area contributed by atoms with E-state index in [0.29, 0.717) is 33.0 Å². The maximum absolute atomic E-state index is 12.5. The van der Waals surface area contributed by atoms with E-state index in [9.17, 15) is 10.1 Å². The molecule has 0 unspecified atom stereocenters. The average molecular weight is 470 g/mol. The SMILES string of the molecule is COc1cccc(OCc2nnc(SCC(=O)Nc3sc4c(c3C#N)CCCC4)n2C)c1. The maximum Gasteiger partial charge on any atom is 0.235 e. The number of amides is 1. The predicted octanol–water partition coefficient (Wildman–Crippen LogP) is 3.95. The van der Waals surface area contributed by atoms with Crippen molar-refractivity contribution in [2.24, 2.45) is 7.05 Å². The van der Waals surface area contributed by atoms with Gasteiger partial charge in [0.25, 0.3) is 0 Å². The van der Waals surface area contributed by atoms with Gasteiger partial charge in [0.2, 0.25) is 5.91 Å². The summed E-state index contributed by atoms with van der Waals surface area (Å²) in [5.74, 6) is 2.05. The Labute approximate surface area is 194 Å². The number of aryl methyl sites for hydroxylation is 1. The van der Waals surface area contributed by atoms with Gasteiger partial charge >= 0.3 is 0 Å². The van der Waals surface area contributed by atoms with Crippen LogP contribution in [0.5, 0.6) is 11.5 Å². The number of aromatic nitrogens is 3. The number of nitriles is 1. The fourth-order valence-corrected chi connectivity index (χ4v) is 5.49. The molecule has 32 heavy (non-hydrogen) atoms. The molecular formula is C22H23N5O3S2. The van der Waals surface area contributed by atoms with E-state index >= 15 is 0 Å². The van der Waals surface area contributed by atoms with Crippen molar-refractivity contribution in [3.8, 4) is 17.6 Å². The third kappa shape index (κ3) is 4.89. The van der Waals surface area contributed by atoms with E-state index < -0.39 is 0 Å². The number of hydrogen-bond donors (Lipinski definition) is 1. The van der Waals surface area contributed by atoms with Crippen molar-refractivity contribution in [3.63, 3.8) is 0 Å². The molecule has 0 radical (unpaired) electrons. The molecule has 1 aromatic carbocycles. The first kappa shape index (κ1) is 22.2. The summed E-state index contributed by atoms with van der Waals surface area (Å²) < 4.78 is 12.8. The van der Waals surface area contributed by atoms with E-state index in [-0.39, 0.29) is 18.3 Å². The van der Waals surface area contributed by atoms with Crippen LogP contribution in [0.2, 0.25) is 0 Å². The molecule has 4 rings (SSSR count). The van der Waals surface area contributed by atoms with Gasteiger partial charge in [0, 0.05) is 18.0 Å². The van der Waals surface area contributed by atoms with Crippen molar-refractivity contribution < 1.29 is 14.3 Å². The second-order valence-electron chi connectivity index (χ2n) is 7.29. The normalized spacial score (nSPS) is 12.7. The second kappa shape index (κ2) is 10.1. The van der Waals surface area contributed by atoms with E-state index in [0.717, 1.165) is 31.2 Å². The van der Waals surface area contributed by atoms with Crippen LogP contribution in [-0.2, 0) is 31.3 Å². The first-order chi connectivity index (χ1) is 15.6. The van der Waals surface area contributed by atoms with Gasteiger partial charge in [-0.2, -0.15) is 5.26 Å². The number of carbonyl (C=O) groups is 1. The van der Waals surface area contributed by atoms with Crippen LogP contribution in [0.1, 0.15) is 34.7 Å². The molecule has 1 N–H and O–H groups in total. The van der Waals surface area contributed by atoms with E-state index in [4.69, 9.17) is 9.47 Å². The molecule has 8 nitrogen and oxygen atoms in total. The van der Waals surface area contributed by atoms with Gasteiger partial charge in [-0.15, -0.1) is 21.5 Å². The first-order valence-corrected chi connectivity index (χ1v) is 12.0. The van der Waals surface area contributed by atoms with Crippen molar-refractivity contribution in [1.82, 2.24) is 14.8 Å². The van der Waals surface area contributed by atoms with Gasteiger partial charge in [-0.05, 0) is 43.4 Å². The van der Waals surface area contributed by atoms with Crippen molar-refractivity contribution in [1.29, 1.82) is 5.26 Å². The number of thiophene rings is 1. The van der Waals surface area contributed by atoms with Gasteiger partial charge in [0.05, 0.1) is 18.4 Å². The highest BCUT2D eigenvalue weighted by Crippen LogP contribution is 2.37. The number of methoxy groups -OCH3 is 1. The number of nitrogens with zero attached hydrogens (tertiary/aromatic N) is 4. The Bertz CT molecular complexity index is 1170. The lowest BCUT2D eigenvalue weighted by Gasteiger charge is -2.09. The van der Waals surface area contributed by atoms with Crippen molar-refractivity contribution in [2.75, 3.05) is 18.2 Å². The van der Waals surface area contributed by atoms with E-state index in [1.807, 2.05) is 29.8 Å². The minimum Gasteiger partial charge on any atom is -0.497 e. The molecule has 1 aliphatic carbocycles. The van der Waals surface area contributed by atoms with Crippen molar-refractivity contribution in [2.45, 2.75) is 37.4 Å². The van der Waals surface area contributed by atoms with Crippen LogP contribution in [0.25, 0.3) is 0 Å². The molecule has 0 atom stereocenters. The molecule has 166 valence electrons. The molecule has 0 saturated carbocycles. The number of nitrogens with one attached hydrogen (secondary N) is 1. The van der Waals surface area contributed by atoms with E-state index in [2.05, 4.69) is 21.6 Å². The summed E-state index contributed by atoms with van der Waals surface area (Å²) in [6.45, 7) is 0.246. The minimum atomic E-state index is -0.165. The Kier molecular flexibility index (Phi) is 6.97. The van der Waals surface area contributed by atoms with Crippen LogP contribution in [0.15, 0.2) is 29.4 Å². The lowest BCUT2D eigenvalue weighted by Crippen LogP contribution is -2.14. The number of benzene rings is 1. The zero-order chi connectivity index (χ0) is 22.5. The number of thioether (sulfide) groups is 1. The molecule has 0 fully saturated rings. The number of carbonyl (C=O) groups excluding carboxylic acids is 1. The summed E-state index contributed by atoms with van der Waals surface area (Å²) in [6, 6.07) is 9.62. The van der Waals surface area contributed by atoms with Gasteiger partial charge < -0.3 is 19.4 Å². The standard InChI is InChI=1S/C22H23N5O3S2/c1-27-19(12-30-15-7-5-6-14(10-15)29-2)25-26-22(27)31-13-20(28)24-21-17(11-23)16-8-3-4-9-18(16)32-21/h5-7,10H,3-4,8-9,12-13H2,1-2H3,(H,24,28). The molecule has 3 aromatic rings.